The lowest BCUT2D eigenvalue weighted by Crippen LogP contribution is -2.06. The molecule has 0 spiro atoms. The lowest BCUT2D eigenvalue weighted by molar-refractivity contribution is 0.0577. The van der Waals surface area contributed by atoms with Crippen molar-refractivity contribution in [1.82, 2.24) is 0 Å². The maximum Gasteiger partial charge on any atom is 0.0918 e. The standard InChI is InChI=1S/C16H16ClIO/c1-12-6-8-13(9-7-12)16(10-18)19-11-14-4-2-3-5-15(14)17/h2-9,16H,10-11H2,1H3. The molecule has 0 aliphatic carbocycles. The van der Waals surface area contributed by atoms with E-state index < -0.39 is 0 Å². The first-order valence-electron chi connectivity index (χ1n) is 6.18. The van der Waals surface area contributed by atoms with Gasteiger partial charge in [-0.15, -0.1) is 0 Å². The van der Waals surface area contributed by atoms with E-state index in [9.17, 15) is 0 Å². The smallest absolute Gasteiger partial charge is 0.0918 e. The molecule has 0 aromatic heterocycles. The topological polar surface area (TPSA) is 9.23 Å². The van der Waals surface area contributed by atoms with E-state index in [0.717, 1.165) is 15.0 Å². The summed E-state index contributed by atoms with van der Waals surface area (Å²) < 4.78 is 6.91. The first-order valence-corrected chi connectivity index (χ1v) is 8.08. The van der Waals surface area contributed by atoms with Gasteiger partial charge in [-0.05, 0) is 24.1 Å². The first kappa shape index (κ1) is 14.8. The Morgan fingerprint density at radius 3 is 2.42 bits per heavy atom. The number of rotatable bonds is 5. The Hall–Kier alpha value is -0.580. The van der Waals surface area contributed by atoms with Crippen LogP contribution < -0.4 is 0 Å². The van der Waals surface area contributed by atoms with Crippen LogP contribution in [0.4, 0.5) is 0 Å². The molecule has 0 bridgehead atoms. The zero-order chi connectivity index (χ0) is 13.7. The van der Waals surface area contributed by atoms with Crippen molar-refractivity contribution < 1.29 is 4.74 Å². The van der Waals surface area contributed by atoms with Crippen molar-refractivity contribution in [3.05, 3.63) is 70.2 Å². The Labute approximate surface area is 133 Å². The molecule has 0 saturated carbocycles. The normalized spacial score (nSPS) is 12.4. The number of benzene rings is 2. The van der Waals surface area contributed by atoms with Gasteiger partial charge in [0.25, 0.3) is 0 Å². The molecule has 100 valence electrons. The fraction of sp³-hybridized carbons (Fsp3) is 0.250. The fourth-order valence-electron chi connectivity index (χ4n) is 1.82. The zero-order valence-corrected chi connectivity index (χ0v) is 13.7. The predicted octanol–water partition coefficient (Wildman–Crippen LogP) is 5.34. The molecule has 2 aromatic carbocycles. The summed E-state index contributed by atoms with van der Waals surface area (Å²) in [5, 5.41) is 0.763. The number of alkyl halides is 1. The maximum absolute atomic E-state index is 6.14. The largest absolute Gasteiger partial charge is 0.368 e. The molecule has 19 heavy (non-hydrogen) atoms. The van der Waals surface area contributed by atoms with Crippen LogP contribution in [0.25, 0.3) is 0 Å². The molecule has 3 heteroatoms. The predicted molar refractivity (Wildman–Crippen MR) is 89.0 cm³/mol. The summed E-state index contributed by atoms with van der Waals surface area (Å²) in [6, 6.07) is 16.3. The molecule has 0 aliphatic rings. The molecular formula is C16H16ClIO. The van der Waals surface area contributed by atoms with Crippen molar-refractivity contribution in [1.29, 1.82) is 0 Å². The number of hydrogen-bond acceptors (Lipinski definition) is 1. The van der Waals surface area contributed by atoms with Gasteiger partial charge in [-0.25, -0.2) is 0 Å². The SMILES string of the molecule is Cc1ccc(C(CI)OCc2ccccc2Cl)cc1. The monoisotopic (exact) mass is 386 g/mol. The molecule has 2 aromatic rings. The molecule has 0 aliphatic heterocycles. The van der Waals surface area contributed by atoms with E-state index in [1.54, 1.807) is 0 Å². The minimum absolute atomic E-state index is 0.109. The lowest BCUT2D eigenvalue weighted by atomic mass is 10.1. The molecule has 2 rings (SSSR count). The summed E-state index contributed by atoms with van der Waals surface area (Å²) >= 11 is 8.49. The van der Waals surface area contributed by atoms with Crippen LogP contribution in [0.1, 0.15) is 22.8 Å². The molecule has 0 fully saturated rings. The minimum Gasteiger partial charge on any atom is -0.368 e. The number of ether oxygens (including phenoxy) is 1. The van der Waals surface area contributed by atoms with Gasteiger partial charge in [0, 0.05) is 9.45 Å². The van der Waals surface area contributed by atoms with Crippen molar-refractivity contribution in [2.24, 2.45) is 0 Å². The van der Waals surface area contributed by atoms with E-state index in [2.05, 4.69) is 53.8 Å². The van der Waals surface area contributed by atoms with Gasteiger partial charge in [0.05, 0.1) is 12.7 Å². The molecule has 0 saturated heterocycles. The van der Waals surface area contributed by atoms with Crippen molar-refractivity contribution >= 4 is 34.2 Å². The minimum atomic E-state index is 0.109. The Morgan fingerprint density at radius 1 is 1.11 bits per heavy atom. The van der Waals surface area contributed by atoms with Gasteiger partial charge in [0.2, 0.25) is 0 Å². The van der Waals surface area contributed by atoms with Crippen LogP contribution in [0.5, 0.6) is 0 Å². The van der Waals surface area contributed by atoms with Crippen LogP contribution >= 0.6 is 34.2 Å². The summed E-state index contributed by atoms with van der Waals surface area (Å²) in [7, 11) is 0. The fourth-order valence-corrected chi connectivity index (χ4v) is 2.77. The third-order valence-electron chi connectivity index (χ3n) is 2.99. The van der Waals surface area contributed by atoms with Crippen molar-refractivity contribution in [2.75, 3.05) is 4.43 Å². The summed E-state index contributed by atoms with van der Waals surface area (Å²) in [6.45, 7) is 2.63. The van der Waals surface area contributed by atoms with E-state index in [1.807, 2.05) is 24.3 Å². The highest BCUT2D eigenvalue weighted by Gasteiger charge is 2.11. The number of halogens is 2. The van der Waals surface area contributed by atoms with Gasteiger partial charge in [-0.3, -0.25) is 0 Å². The second-order valence-electron chi connectivity index (χ2n) is 4.46. The van der Waals surface area contributed by atoms with Gasteiger partial charge in [0.1, 0.15) is 0 Å². The second kappa shape index (κ2) is 7.27. The van der Waals surface area contributed by atoms with Crippen LogP contribution in [0.2, 0.25) is 5.02 Å². The van der Waals surface area contributed by atoms with Crippen molar-refractivity contribution in [3.8, 4) is 0 Å². The Bertz CT molecular complexity index is 525. The molecule has 1 unspecified atom stereocenters. The second-order valence-corrected chi connectivity index (χ2v) is 5.74. The Morgan fingerprint density at radius 2 is 1.79 bits per heavy atom. The van der Waals surface area contributed by atoms with Crippen LogP contribution in [0.15, 0.2) is 48.5 Å². The van der Waals surface area contributed by atoms with Gasteiger partial charge in [-0.2, -0.15) is 0 Å². The average Bonchev–Trinajstić information content (AvgIpc) is 2.43. The van der Waals surface area contributed by atoms with Gasteiger partial charge >= 0.3 is 0 Å². The van der Waals surface area contributed by atoms with Crippen LogP contribution in [-0.2, 0) is 11.3 Å². The maximum atomic E-state index is 6.14. The molecule has 1 atom stereocenters. The van der Waals surface area contributed by atoms with Crippen LogP contribution in [0, 0.1) is 6.92 Å². The Kier molecular flexibility index (Phi) is 5.67. The summed E-state index contributed by atoms with van der Waals surface area (Å²) in [4.78, 5) is 0. The Balaban J connectivity index is 2.04. The zero-order valence-electron chi connectivity index (χ0n) is 10.8. The van der Waals surface area contributed by atoms with Crippen LogP contribution in [0.3, 0.4) is 0 Å². The molecule has 0 heterocycles. The molecule has 0 radical (unpaired) electrons. The van der Waals surface area contributed by atoms with Gasteiger partial charge in [0.15, 0.2) is 0 Å². The number of aryl methyl sites for hydroxylation is 1. The quantitative estimate of drug-likeness (QED) is 0.498. The average molecular weight is 387 g/mol. The summed E-state index contributed by atoms with van der Waals surface area (Å²) in [5.41, 5.74) is 3.51. The van der Waals surface area contributed by atoms with E-state index in [-0.39, 0.29) is 6.10 Å². The van der Waals surface area contributed by atoms with Crippen LogP contribution in [-0.4, -0.2) is 4.43 Å². The summed E-state index contributed by atoms with van der Waals surface area (Å²) in [5.74, 6) is 0. The molecular weight excluding hydrogens is 371 g/mol. The third-order valence-corrected chi connectivity index (χ3v) is 4.16. The van der Waals surface area contributed by atoms with Crippen molar-refractivity contribution in [3.63, 3.8) is 0 Å². The van der Waals surface area contributed by atoms with Gasteiger partial charge < -0.3 is 4.74 Å². The molecule has 0 N–H and O–H groups in total. The first-order chi connectivity index (χ1) is 9.20. The highest BCUT2D eigenvalue weighted by atomic mass is 127. The molecule has 0 amide bonds. The number of hydrogen-bond donors (Lipinski definition) is 0. The third kappa shape index (κ3) is 4.20. The summed E-state index contributed by atoms with van der Waals surface area (Å²) in [6.07, 6.45) is 0.109. The highest BCUT2D eigenvalue weighted by molar-refractivity contribution is 14.1. The molecule has 1 nitrogen and oxygen atoms in total. The van der Waals surface area contributed by atoms with Crippen molar-refractivity contribution in [2.45, 2.75) is 19.6 Å². The van der Waals surface area contributed by atoms with E-state index in [4.69, 9.17) is 16.3 Å². The van der Waals surface area contributed by atoms with E-state index in [1.165, 1.54) is 11.1 Å². The van der Waals surface area contributed by atoms with Gasteiger partial charge in [-0.1, -0.05) is 82.2 Å². The van der Waals surface area contributed by atoms with E-state index in [0.29, 0.717) is 6.61 Å². The van der Waals surface area contributed by atoms with E-state index >= 15 is 0 Å². The highest BCUT2D eigenvalue weighted by Crippen LogP contribution is 2.24. The lowest BCUT2D eigenvalue weighted by Gasteiger charge is -2.16.